The molecule has 28 heavy (non-hydrogen) atoms. The van der Waals surface area contributed by atoms with Crippen LogP contribution in [-0.4, -0.2) is 68.3 Å². The number of urea groups is 1. The lowest BCUT2D eigenvalue weighted by Crippen LogP contribution is -2.47. The fourth-order valence-corrected chi connectivity index (χ4v) is 5.43. The van der Waals surface area contributed by atoms with E-state index in [1.165, 1.54) is 12.1 Å². The molecular weight excluding hydrogens is 387 g/mol. The smallest absolute Gasteiger partial charge is 0.320 e. The molecule has 0 bridgehead atoms. The molecule has 1 unspecified atom stereocenters. The van der Waals surface area contributed by atoms with Crippen LogP contribution in [0.3, 0.4) is 0 Å². The van der Waals surface area contributed by atoms with Gasteiger partial charge in [-0.3, -0.25) is 4.79 Å². The average molecular weight is 412 g/mol. The second-order valence-corrected chi connectivity index (χ2v) is 9.38. The highest BCUT2D eigenvalue weighted by atomic mass is 32.2. The Kier molecular flexibility index (Phi) is 6.22. The third-order valence-electron chi connectivity index (χ3n) is 5.38. The van der Waals surface area contributed by atoms with Gasteiger partial charge in [0, 0.05) is 26.2 Å². The number of hydrogen-bond acceptors (Lipinski definition) is 5. The van der Waals surface area contributed by atoms with E-state index >= 15 is 0 Å². The number of benzene rings is 1. The number of halogens is 1. The molecule has 1 aromatic rings. The first kappa shape index (κ1) is 20.6. The Balaban J connectivity index is 1.57. The van der Waals surface area contributed by atoms with Crippen LogP contribution in [0.2, 0.25) is 0 Å². The van der Waals surface area contributed by atoms with Gasteiger partial charge in [-0.15, -0.1) is 0 Å². The average Bonchev–Trinajstić information content (AvgIpc) is 3.19. The van der Waals surface area contributed by atoms with Gasteiger partial charge in [0.15, 0.2) is 9.84 Å². The van der Waals surface area contributed by atoms with Crippen molar-refractivity contribution < 1.29 is 27.1 Å². The summed E-state index contributed by atoms with van der Waals surface area (Å²) in [4.78, 5) is 27.9. The normalized spacial score (nSPS) is 21.0. The predicted octanol–water partition coefficient (Wildman–Crippen LogP) is 2.07. The molecule has 2 heterocycles. The van der Waals surface area contributed by atoms with Crippen molar-refractivity contribution in [2.75, 3.05) is 32.8 Å². The highest BCUT2D eigenvalue weighted by molar-refractivity contribution is 7.92. The number of rotatable bonds is 4. The maximum absolute atomic E-state index is 13.1. The molecule has 9 heteroatoms. The molecule has 0 spiro atoms. The second-order valence-electron chi connectivity index (χ2n) is 7.15. The molecule has 2 aliphatic rings. The minimum absolute atomic E-state index is 0.0726. The Labute approximate surface area is 164 Å². The van der Waals surface area contributed by atoms with Crippen molar-refractivity contribution in [1.82, 2.24) is 9.80 Å². The number of esters is 1. The Bertz CT molecular complexity index is 819. The van der Waals surface area contributed by atoms with E-state index in [1.807, 2.05) is 0 Å². The summed E-state index contributed by atoms with van der Waals surface area (Å²) >= 11 is 0. The van der Waals surface area contributed by atoms with Gasteiger partial charge in [0.2, 0.25) is 0 Å². The number of carbonyl (C=O) groups is 2. The van der Waals surface area contributed by atoms with Crippen LogP contribution in [-0.2, 0) is 19.4 Å². The number of amides is 2. The number of piperidine rings is 1. The lowest BCUT2D eigenvalue weighted by Gasteiger charge is -2.33. The highest BCUT2D eigenvalue weighted by Gasteiger charge is 2.38. The fourth-order valence-electron chi connectivity index (χ4n) is 3.74. The molecule has 0 radical (unpaired) electrons. The van der Waals surface area contributed by atoms with Gasteiger partial charge in [-0.1, -0.05) is 0 Å². The standard InChI is InChI=1S/C19H25FN2O5S/c1-2-27-18(23)14-7-10-21(11-8-14)19(24)22-12-9-17(13-22)28(25,26)16-5-3-15(20)4-6-16/h3-6,14,17H,2,7-13H2,1H3. The SMILES string of the molecule is CCOC(=O)C1CCN(C(=O)N2CCC(S(=O)(=O)c3ccc(F)cc3)C2)CC1. The number of likely N-dealkylation sites (tertiary alicyclic amines) is 2. The number of carbonyl (C=O) groups excluding carboxylic acids is 2. The molecule has 3 rings (SSSR count). The van der Waals surface area contributed by atoms with Crippen molar-refractivity contribution >= 4 is 21.8 Å². The van der Waals surface area contributed by atoms with Crippen molar-refractivity contribution in [2.45, 2.75) is 36.3 Å². The fraction of sp³-hybridized carbons (Fsp3) is 0.579. The molecule has 2 amide bonds. The number of ether oxygens (including phenoxy) is 1. The maximum atomic E-state index is 13.1. The molecule has 154 valence electrons. The van der Waals surface area contributed by atoms with Gasteiger partial charge < -0.3 is 14.5 Å². The topological polar surface area (TPSA) is 84.0 Å². The van der Waals surface area contributed by atoms with Crippen LogP contribution < -0.4 is 0 Å². The van der Waals surface area contributed by atoms with Crippen molar-refractivity contribution in [2.24, 2.45) is 5.92 Å². The van der Waals surface area contributed by atoms with Gasteiger partial charge in [0.1, 0.15) is 5.82 Å². The summed E-state index contributed by atoms with van der Waals surface area (Å²) < 4.78 is 43.6. The summed E-state index contributed by atoms with van der Waals surface area (Å²) in [6, 6.07) is 4.57. The van der Waals surface area contributed by atoms with Crippen molar-refractivity contribution in [1.29, 1.82) is 0 Å². The maximum Gasteiger partial charge on any atom is 0.320 e. The summed E-state index contributed by atoms with van der Waals surface area (Å²) in [5.74, 6) is -0.899. The van der Waals surface area contributed by atoms with Crippen LogP contribution in [0.5, 0.6) is 0 Å². The largest absolute Gasteiger partial charge is 0.466 e. The summed E-state index contributed by atoms with van der Waals surface area (Å²) in [5, 5.41) is -0.695. The minimum atomic E-state index is -3.62. The van der Waals surface area contributed by atoms with E-state index in [0.717, 1.165) is 12.1 Å². The summed E-state index contributed by atoms with van der Waals surface area (Å²) in [7, 11) is -3.62. The first-order chi connectivity index (χ1) is 13.3. The number of sulfone groups is 1. The molecule has 7 nitrogen and oxygen atoms in total. The number of hydrogen-bond donors (Lipinski definition) is 0. The van der Waals surface area contributed by atoms with E-state index in [1.54, 1.807) is 16.7 Å². The van der Waals surface area contributed by atoms with E-state index in [2.05, 4.69) is 0 Å². The Hall–Kier alpha value is -2.16. The first-order valence-electron chi connectivity index (χ1n) is 9.53. The van der Waals surface area contributed by atoms with Gasteiger partial charge in [0.25, 0.3) is 0 Å². The first-order valence-corrected chi connectivity index (χ1v) is 11.1. The molecule has 1 aromatic carbocycles. The monoisotopic (exact) mass is 412 g/mol. The molecule has 2 fully saturated rings. The number of nitrogens with zero attached hydrogens (tertiary/aromatic N) is 2. The molecule has 2 aliphatic heterocycles. The summed E-state index contributed by atoms with van der Waals surface area (Å²) in [6.07, 6.45) is 1.45. The van der Waals surface area contributed by atoms with Gasteiger partial charge in [0.05, 0.1) is 22.7 Å². The van der Waals surface area contributed by atoms with E-state index < -0.39 is 20.9 Å². The van der Waals surface area contributed by atoms with Crippen molar-refractivity contribution in [3.63, 3.8) is 0 Å². The van der Waals surface area contributed by atoms with Crippen LogP contribution in [0, 0.1) is 11.7 Å². The summed E-state index contributed by atoms with van der Waals surface area (Å²) in [5.41, 5.74) is 0. The Morgan fingerprint density at radius 1 is 1.07 bits per heavy atom. The Morgan fingerprint density at radius 3 is 2.29 bits per heavy atom. The van der Waals surface area contributed by atoms with E-state index in [4.69, 9.17) is 4.74 Å². The highest BCUT2D eigenvalue weighted by Crippen LogP contribution is 2.26. The molecule has 0 saturated carbocycles. The quantitative estimate of drug-likeness (QED) is 0.558. The third-order valence-corrected chi connectivity index (χ3v) is 7.57. The lowest BCUT2D eigenvalue weighted by molar-refractivity contribution is -0.149. The third kappa shape index (κ3) is 4.29. The van der Waals surface area contributed by atoms with Crippen LogP contribution in [0.25, 0.3) is 0 Å². The van der Waals surface area contributed by atoms with E-state index in [0.29, 0.717) is 45.5 Å². The zero-order valence-electron chi connectivity index (χ0n) is 15.8. The minimum Gasteiger partial charge on any atom is -0.466 e. The lowest BCUT2D eigenvalue weighted by atomic mass is 9.97. The predicted molar refractivity (Wildman–Crippen MR) is 99.9 cm³/mol. The van der Waals surface area contributed by atoms with Crippen molar-refractivity contribution in [3.05, 3.63) is 30.1 Å². The molecule has 1 atom stereocenters. The van der Waals surface area contributed by atoms with Crippen LogP contribution in [0.1, 0.15) is 26.2 Å². The van der Waals surface area contributed by atoms with Crippen molar-refractivity contribution in [3.8, 4) is 0 Å². The summed E-state index contributed by atoms with van der Waals surface area (Å²) in [6.45, 7) is 3.50. The molecular formula is C19H25FN2O5S. The van der Waals surface area contributed by atoms with Crippen LogP contribution >= 0.6 is 0 Å². The molecule has 0 aromatic heterocycles. The molecule has 2 saturated heterocycles. The zero-order valence-corrected chi connectivity index (χ0v) is 16.7. The van der Waals surface area contributed by atoms with Gasteiger partial charge in [-0.05, 0) is 50.5 Å². The van der Waals surface area contributed by atoms with Crippen LogP contribution in [0.15, 0.2) is 29.2 Å². The zero-order chi connectivity index (χ0) is 20.3. The van der Waals surface area contributed by atoms with Gasteiger partial charge in [-0.2, -0.15) is 0 Å². The second kappa shape index (κ2) is 8.46. The Morgan fingerprint density at radius 2 is 1.68 bits per heavy atom. The van der Waals surface area contributed by atoms with Gasteiger partial charge in [-0.25, -0.2) is 17.6 Å². The molecule has 0 N–H and O–H groups in total. The van der Waals surface area contributed by atoms with Crippen LogP contribution in [0.4, 0.5) is 9.18 Å². The van der Waals surface area contributed by atoms with E-state index in [9.17, 15) is 22.4 Å². The van der Waals surface area contributed by atoms with E-state index in [-0.39, 0.29) is 29.4 Å². The molecule has 0 aliphatic carbocycles. The van der Waals surface area contributed by atoms with Gasteiger partial charge >= 0.3 is 12.0 Å².